The van der Waals surface area contributed by atoms with Gasteiger partial charge in [-0.05, 0) is 55.9 Å². The highest BCUT2D eigenvalue weighted by Gasteiger charge is 2.05. The van der Waals surface area contributed by atoms with Gasteiger partial charge in [0.15, 0.2) is 0 Å². The second kappa shape index (κ2) is 6.96. The van der Waals surface area contributed by atoms with E-state index >= 15 is 0 Å². The van der Waals surface area contributed by atoms with Gasteiger partial charge in [-0.1, -0.05) is 13.0 Å². The fourth-order valence-electron chi connectivity index (χ4n) is 1.84. The SMILES string of the molecule is CCCOc1cc(C)c(CCCC#N)cc1C. The van der Waals surface area contributed by atoms with Crippen molar-refractivity contribution in [3.63, 3.8) is 0 Å². The number of benzene rings is 1. The highest BCUT2D eigenvalue weighted by Crippen LogP contribution is 2.24. The van der Waals surface area contributed by atoms with Crippen molar-refractivity contribution in [1.29, 1.82) is 5.26 Å². The summed E-state index contributed by atoms with van der Waals surface area (Å²) in [5.74, 6) is 0.994. The van der Waals surface area contributed by atoms with Gasteiger partial charge in [0, 0.05) is 6.42 Å². The summed E-state index contributed by atoms with van der Waals surface area (Å²) in [4.78, 5) is 0. The van der Waals surface area contributed by atoms with Crippen LogP contribution in [0.25, 0.3) is 0 Å². The first-order valence-electron chi connectivity index (χ1n) is 6.29. The van der Waals surface area contributed by atoms with Crippen molar-refractivity contribution < 1.29 is 4.74 Å². The standard InChI is InChI=1S/C15H21NO/c1-4-9-17-15-11-12(2)14(10-13(15)3)7-5-6-8-16/h10-11H,4-7,9H2,1-3H3. The van der Waals surface area contributed by atoms with Crippen LogP contribution in [0.1, 0.15) is 42.9 Å². The maximum absolute atomic E-state index is 8.54. The summed E-state index contributed by atoms with van der Waals surface area (Å²) < 4.78 is 5.70. The summed E-state index contributed by atoms with van der Waals surface area (Å²) in [5, 5.41) is 8.54. The topological polar surface area (TPSA) is 33.0 Å². The van der Waals surface area contributed by atoms with Gasteiger partial charge < -0.3 is 4.74 Å². The Balaban J connectivity index is 2.75. The van der Waals surface area contributed by atoms with Crippen molar-refractivity contribution in [2.45, 2.75) is 46.5 Å². The van der Waals surface area contributed by atoms with Gasteiger partial charge in [0.05, 0.1) is 12.7 Å². The molecule has 0 bridgehead atoms. The summed E-state index contributed by atoms with van der Waals surface area (Å²) in [5.41, 5.74) is 3.79. The Bertz CT molecular complexity index is 404. The molecule has 92 valence electrons. The molecule has 0 amide bonds. The first kappa shape index (κ1) is 13.6. The van der Waals surface area contributed by atoms with Crippen LogP contribution in [0.3, 0.4) is 0 Å². The number of hydrogen-bond acceptors (Lipinski definition) is 2. The molecular weight excluding hydrogens is 210 g/mol. The average molecular weight is 231 g/mol. The third-order valence-electron chi connectivity index (χ3n) is 2.83. The Morgan fingerprint density at radius 3 is 2.65 bits per heavy atom. The zero-order valence-corrected chi connectivity index (χ0v) is 11.0. The summed E-state index contributed by atoms with van der Waals surface area (Å²) >= 11 is 0. The van der Waals surface area contributed by atoms with E-state index in [1.54, 1.807) is 0 Å². The molecule has 0 saturated carbocycles. The number of aryl methyl sites for hydroxylation is 3. The second-order valence-electron chi connectivity index (χ2n) is 4.40. The maximum Gasteiger partial charge on any atom is 0.122 e. The predicted octanol–water partition coefficient (Wildman–Crippen LogP) is 3.94. The molecule has 0 saturated heterocycles. The molecule has 0 unspecified atom stereocenters. The molecule has 1 aromatic rings. The van der Waals surface area contributed by atoms with Crippen LogP contribution in [-0.2, 0) is 6.42 Å². The van der Waals surface area contributed by atoms with Gasteiger partial charge in [-0.25, -0.2) is 0 Å². The van der Waals surface area contributed by atoms with Crippen molar-refractivity contribution in [2.75, 3.05) is 6.61 Å². The minimum Gasteiger partial charge on any atom is -0.493 e. The van der Waals surface area contributed by atoms with E-state index in [0.29, 0.717) is 6.42 Å². The zero-order chi connectivity index (χ0) is 12.7. The highest BCUT2D eigenvalue weighted by atomic mass is 16.5. The minimum absolute atomic E-state index is 0.632. The molecule has 0 aromatic heterocycles. The van der Waals surface area contributed by atoms with E-state index in [2.05, 4.69) is 39.0 Å². The second-order valence-corrected chi connectivity index (χ2v) is 4.40. The third-order valence-corrected chi connectivity index (χ3v) is 2.83. The number of ether oxygens (including phenoxy) is 1. The van der Waals surface area contributed by atoms with Gasteiger partial charge in [0.2, 0.25) is 0 Å². The molecule has 0 radical (unpaired) electrons. The normalized spacial score (nSPS) is 10.0. The van der Waals surface area contributed by atoms with Gasteiger partial charge >= 0.3 is 0 Å². The van der Waals surface area contributed by atoms with E-state index in [9.17, 15) is 0 Å². The number of hydrogen-bond donors (Lipinski definition) is 0. The average Bonchev–Trinajstić information content (AvgIpc) is 2.31. The minimum atomic E-state index is 0.632. The van der Waals surface area contributed by atoms with Crippen LogP contribution < -0.4 is 4.74 Å². The molecule has 17 heavy (non-hydrogen) atoms. The van der Waals surface area contributed by atoms with E-state index < -0.39 is 0 Å². The molecule has 0 fully saturated rings. The van der Waals surface area contributed by atoms with Gasteiger partial charge in [-0.3, -0.25) is 0 Å². The molecule has 0 aliphatic heterocycles. The molecule has 0 heterocycles. The summed E-state index contributed by atoms with van der Waals surface area (Å²) in [7, 11) is 0. The molecule has 0 atom stereocenters. The van der Waals surface area contributed by atoms with Crippen molar-refractivity contribution in [2.24, 2.45) is 0 Å². The van der Waals surface area contributed by atoms with E-state index in [4.69, 9.17) is 10.00 Å². The lowest BCUT2D eigenvalue weighted by Crippen LogP contribution is -1.99. The Hall–Kier alpha value is -1.49. The van der Waals surface area contributed by atoms with E-state index in [0.717, 1.165) is 31.6 Å². The summed E-state index contributed by atoms with van der Waals surface area (Å²) in [6.07, 6.45) is 3.58. The fraction of sp³-hybridized carbons (Fsp3) is 0.533. The van der Waals surface area contributed by atoms with Crippen LogP contribution in [0.4, 0.5) is 0 Å². The van der Waals surface area contributed by atoms with Crippen LogP contribution in [0.2, 0.25) is 0 Å². The summed E-state index contributed by atoms with van der Waals surface area (Å²) in [6.45, 7) is 7.07. The number of nitriles is 1. The molecule has 2 heteroatoms. The van der Waals surface area contributed by atoms with E-state index in [1.165, 1.54) is 16.7 Å². The first-order chi connectivity index (χ1) is 8.19. The maximum atomic E-state index is 8.54. The lowest BCUT2D eigenvalue weighted by Gasteiger charge is -2.12. The van der Waals surface area contributed by atoms with Gasteiger partial charge in [-0.15, -0.1) is 0 Å². The lowest BCUT2D eigenvalue weighted by molar-refractivity contribution is 0.315. The highest BCUT2D eigenvalue weighted by molar-refractivity contribution is 5.41. The molecule has 2 nitrogen and oxygen atoms in total. The van der Waals surface area contributed by atoms with Crippen LogP contribution in [0.15, 0.2) is 12.1 Å². The monoisotopic (exact) mass is 231 g/mol. The smallest absolute Gasteiger partial charge is 0.122 e. The molecule has 1 rings (SSSR count). The lowest BCUT2D eigenvalue weighted by atomic mass is 10.00. The van der Waals surface area contributed by atoms with Crippen LogP contribution in [-0.4, -0.2) is 6.61 Å². The first-order valence-corrected chi connectivity index (χ1v) is 6.29. The number of nitrogens with zero attached hydrogens (tertiary/aromatic N) is 1. The molecule has 1 aromatic carbocycles. The summed E-state index contributed by atoms with van der Waals surface area (Å²) in [6, 6.07) is 6.50. The Labute approximate surface area is 104 Å². The van der Waals surface area contributed by atoms with Crippen molar-refractivity contribution in [3.8, 4) is 11.8 Å². The van der Waals surface area contributed by atoms with E-state index in [1.807, 2.05) is 0 Å². The molecular formula is C15H21NO. The van der Waals surface area contributed by atoms with Crippen molar-refractivity contribution in [1.82, 2.24) is 0 Å². The number of unbranched alkanes of at least 4 members (excludes halogenated alkanes) is 1. The quantitative estimate of drug-likeness (QED) is 0.695. The molecule has 0 N–H and O–H groups in total. The molecule has 0 spiro atoms. The Kier molecular flexibility index (Phi) is 5.56. The van der Waals surface area contributed by atoms with Crippen LogP contribution in [0, 0.1) is 25.2 Å². The van der Waals surface area contributed by atoms with Crippen molar-refractivity contribution >= 4 is 0 Å². The zero-order valence-electron chi connectivity index (χ0n) is 11.0. The van der Waals surface area contributed by atoms with Gasteiger partial charge in [-0.2, -0.15) is 5.26 Å². The Morgan fingerprint density at radius 1 is 1.24 bits per heavy atom. The van der Waals surface area contributed by atoms with Gasteiger partial charge in [0.1, 0.15) is 5.75 Å². The van der Waals surface area contributed by atoms with Gasteiger partial charge in [0.25, 0.3) is 0 Å². The molecule has 0 aliphatic rings. The van der Waals surface area contributed by atoms with E-state index in [-0.39, 0.29) is 0 Å². The molecule has 0 aliphatic carbocycles. The Morgan fingerprint density at radius 2 is 2.00 bits per heavy atom. The van der Waals surface area contributed by atoms with Crippen LogP contribution >= 0.6 is 0 Å². The predicted molar refractivity (Wildman–Crippen MR) is 70.3 cm³/mol. The third kappa shape index (κ3) is 4.11. The van der Waals surface area contributed by atoms with Crippen molar-refractivity contribution in [3.05, 3.63) is 28.8 Å². The fourth-order valence-corrected chi connectivity index (χ4v) is 1.84. The largest absolute Gasteiger partial charge is 0.493 e. The van der Waals surface area contributed by atoms with Crippen LogP contribution in [0.5, 0.6) is 5.75 Å². The number of rotatable bonds is 6.